The minimum Gasteiger partial charge on any atom is -0.467 e. The molecule has 120 valence electrons. The van der Waals surface area contributed by atoms with E-state index in [1.54, 1.807) is 38.2 Å². The smallest absolute Gasteiger partial charge is 0.331 e. The van der Waals surface area contributed by atoms with E-state index in [2.05, 4.69) is 0 Å². The third-order valence-corrected chi connectivity index (χ3v) is 4.08. The van der Waals surface area contributed by atoms with E-state index >= 15 is 0 Å². The summed E-state index contributed by atoms with van der Waals surface area (Å²) in [5.74, 6) is -0.650. The van der Waals surface area contributed by atoms with Crippen LogP contribution >= 0.6 is 0 Å². The summed E-state index contributed by atoms with van der Waals surface area (Å²) < 4.78 is 4.96. The lowest BCUT2D eigenvalue weighted by Crippen LogP contribution is -2.55. The molecule has 4 nitrogen and oxygen atoms in total. The van der Waals surface area contributed by atoms with E-state index in [0.717, 1.165) is 5.56 Å². The summed E-state index contributed by atoms with van der Waals surface area (Å²) in [4.78, 5) is 26.6. The Labute approximate surface area is 136 Å². The number of carbonyl (C=O) groups excluding carboxylic acids is 2. The van der Waals surface area contributed by atoms with Crippen molar-refractivity contribution in [3.05, 3.63) is 71.8 Å². The van der Waals surface area contributed by atoms with Gasteiger partial charge in [0, 0.05) is 19.0 Å². The Balaban J connectivity index is 2.34. The predicted molar refractivity (Wildman–Crippen MR) is 89.1 cm³/mol. The molecule has 23 heavy (non-hydrogen) atoms. The molecular formula is C19H21NO3. The van der Waals surface area contributed by atoms with Gasteiger partial charge >= 0.3 is 5.97 Å². The molecule has 1 amide bonds. The third kappa shape index (κ3) is 3.59. The second-order valence-corrected chi connectivity index (χ2v) is 5.66. The molecule has 2 aromatic rings. The Morgan fingerprint density at radius 1 is 1.00 bits per heavy atom. The molecule has 0 saturated carbocycles. The number of ether oxygens (including phenoxy) is 1. The summed E-state index contributed by atoms with van der Waals surface area (Å²) in [6, 6.07) is 18.5. The molecule has 1 atom stereocenters. The van der Waals surface area contributed by atoms with Crippen molar-refractivity contribution < 1.29 is 14.3 Å². The first-order chi connectivity index (χ1) is 11.0. The van der Waals surface area contributed by atoms with Gasteiger partial charge in [0.25, 0.3) is 5.91 Å². The zero-order chi connectivity index (χ0) is 16.9. The Hall–Kier alpha value is -2.62. The molecule has 0 aliphatic rings. The number of likely N-dealkylation sites (N-methyl/N-ethyl adjacent to an activating group) is 1. The Morgan fingerprint density at radius 2 is 1.52 bits per heavy atom. The highest BCUT2D eigenvalue weighted by molar-refractivity contribution is 5.98. The first-order valence-corrected chi connectivity index (χ1v) is 7.44. The molecule has 0 fully saturated rings. The van der Waals surface area contributed by atoms with Crippen LogP contribution in [-0.4, -0.2) is 36.5 Å². The quantitative estimate of drug-likeness (QED) is 0.798. The topological polar surface area (TPSA) is 46.6 Å². The summed E-state index contributed by atoms with van der Waals surface area (Å²) in [5.41, 5.74) is 0.426. The van der Waals surface area contributed by atoms with Crippen LogP contribution in [0, 0.1) is 0 Å². The van der Waals surface area contributed by atoms with Crippen LogP contribution in [0.4, 0.5) is 0 Å². The Bertz CT molecular complexity index is 670. The van der Waals surface area contributed by atoms with Crippen molar-refractivity contribution in [1.82, 2.24) is 4.90 Å². The maximum absolute atomic E-state index is 12.7. The monoisotopic (exact) mass is 311 g/mol. The van der Waals surface area contributed by atoms with Gasteiger partial charge in [0.05, 0.1) is 7.11 Å². The summed E-state index contributed by atoms with van der Waals surface area (Å²) in [5, 5.41) is 0. The fraction of sp³-hybridized carbons (Fsp3) is 0.263. The van der Waals surface area contributed by atoms with Crippen LogP contribution in [0.2, 0.25) is 0 Å². The van der Waals surface area contributed by atoms with Crippen LogP contribution in [0.3, 0.4) is 0 Å². The van der Waals surface area contributed by atoms with Crippen molar-refractivity contribution in [3.63, 3.8) is 0 Å². The van der Waals surface area contributed by atoms with E-state index in [1.807, 2.05) is 36.4 Å². The maximum atomic E-state index is 12.7. The zero-order valence-corrected chi connectivity index (χ0v) is 13.7. The molecular weight excluding hydrogens is 290 g/mol. The van der Waals surface area contributed by atoms with E-state index in [-0.39, 0.29) is 5.91 Å². The second kappa shape index (κ2) is 7.09. The average Bonchev–Trinajstić information content (AvgIpc) is 2.61. The molecule has 4 heteroatoms. The number of nitrogens with zero attached hydrogens (tertiary/aromatic N) is 1. The van der Waals surface area contributed by atoms with Gasteiger partial charge < -0.3 is 9.64 Å². The maximum Gasteiger partial charge on any atom is 0.331 e. The van der Waals surface area contributed by atoms with E-state index < -0.39 is 11.5 Å². The van der Waals surface area contributed by atoms with E-state index in [9.17, 15) is 9.59 Å². The summed E-state index contributed by atoms with van der Waals surface area (Å²) in [7, 11) is 2.97. The lowest BCUT2D eigenvalue weighted by atomic mass is 9.90. The fourth-order valence-corrected chi connectivity index (χ4v) is 2.54. The molecule has 2 aromatic carbocycles. The number of amides is 1. The van der Waals surface area contributed by atoms with Crippen molar-refractivity contribution in [2.75, 3.05) is 14.2 Å². The van der Waals surface area contributed by atoms with Crippen LogP contribution in [-0.2, 0) is 16.0 Å². The van der Waals surface area contributed by atoms with E-state index in [4.69, 9.17) is 4.74 Å². The number of rotatable bonds is 5. The minimum absolute atomic E-state index is 0.213. The Kier molecular flexibility index (Phi) is 5.16. The Morgan fingerprint density at radius 3 is 2.04 bits per heavy atom. The number of benzene rings is 2. The van der Waals surface area contributed by atoms with Gasteiger partial charge in [-0.25, -0.2) is 4.79 Å². The molecule has 1 unspecified atom stereocenters. The number of hydrogen-bond donors (Lipinski definition) is 0. The van der Waals surface area contributed by atoms with Crippen LogP contribution in [0.15, 0.2) is 60.7 Å². The number of carbonyl (C=O) groups is 2. The predicted octanol–water partition coefficient (Wildman–Crippen LogP) is 2.93. The van der Waals surface area contributed by atoms with Crippen molar-refractivity contribution in [2.45, 2.75) is 18.9 Å². The first kappa shape index (κ1) is 16.7. The molecule has 0 N–H and O–H groups in total. The van der Waals surface area contributed by atoms with Crippen LogP contribution < -0.4 is 0 Å². The molecule has 2 rings (SSSR count). The zero-order valence-electron chi connectivity index (χ0n) is 13.7. The van der Waals surface area contributed by atoms with Crippen molar-refractivity contribution in [1.29, 1.82) is 0 Å². The molecule has 0 aliphatic heterocycles. The highest BCUT2D eigenvalue weighted by Gasteiger charge is 2.41. The van der Waals surface area contributed by atoms with Gasteiger partial charge in [-0.15, -0.1) is 0 Å². The number of esters is 1. The van der Waals surface area contributed by atoms with Gasteiger partial charge in [0.2, 0.25) is 0 Å². The highest BCUT2D eigenvalue weighted by atomic mass is 16.5. The lowest BCUT2D eigenvalue weighted by Gasteiger charge is -2.36. The summed E-state index contributed by atoms with van der Waals surface area (Å²) >= 11 is 0. The normalized spacial score (nSPS) is 13.0. The SMILES string of the molecule is COC(=O)C(C)(Cc1ccccc1)N(C)C(=O)c1ccccc1. The molecule has 0 spiro atoms. The van der Waals surface area contributed by atoms with E-state index in [0.29, 0.717) is 12.0 Å². The minimum atomic E-state index is -1.08. The fourth-order valence-electron chi connectivity index (χ4n) is 2.54. The van der Waals surface area contributed by atoms with Crippen molar-refractivity contribution in [3.8, 4) is 0 Å². The van der Waals surface area contributed by atoms with Crippen LogP contribution in [0.25, 0.3) is 0 Å². The van der Waals surface area contributed by atoms with Gasteiger partial charge in [0.1, 0.15) is 5.54 Å². The molecule has 0 heterocycles. The standard InChI is InChI=1S/C19H21NO3/c1-19(18(22)23-3,14-15-10-6-4-7-11-15)20(2)17(21)16-12-8-5-9-13-16/h4-13H,14H2,1-3H3. The first-order valence-electron chi connectivity index (χ1n) is 7.44. The lowest BCUT2D eigenvalue weighted by molar-refractivity contribution is -0.152. The summed E-state index contributed by atoms with van der Waals surface area (Å²) in [6.45, 7) is 1.73. The number of methoxy groups -OCH3 is 1. The molecule has 0 saturated heterocycles. The van der Waals surface area contributed by atoms with Crippen molar-refractivity contribution >= 4 is 11.9 Å². The van der Waals surface area contributed by atoms with Gasteiger partial charge in [0.15, 0.2) is 0 Å². The third-order valence-electron chi connectivity index (χ3n) is 4.08. The average molecular weight is 311 g/mol. The largest absolute Gasteiger partial charge is 0.467 e. The molecule has 0 bridgehead atoms. The molecule has 0 aliphatic carbocycles. The molecule has 0 aromatic heterocycles. The van der Waals surface area contributed by atoms with Gasteiger partial charge in [-0.05, 0) is 24.6 Å². The molecule has 0 radical (unpaired) electrons. The van der Waals surface area contributed by atoms with Crippen LogP contribution in [0.1, 0.15) is 22.8 Å². The van der Waals surface area contributed by atoms with E-state index in [1.165, 1.54) is 12.0 Å². The van der Waals surface area contributed by atoms with Gasteiger partial charge in [-0.2, -0.15) is 0 Å². The van der Waals surface area contributed by atoms with Crippen LogP contribution in [0.5, 0.6) is 0 Å². The van der Waals surface area contributed by atoms with Gasteiger partial charge in [-0.1, -0.05) is 48.5 Å². The summed E-state index contributed by atoms with van der Waals surface area (Å²) in [6.07, 6.45) is 0.385. The van der Waals surface area contributed by atoms with Gasteiger partial charge in [-0.3, -0.25) is 4.79 Å². The second-order valence-electron chi connectivity index (χ2n) is 5.66. The highest BCUT2D eigenvalue weighted by Crippen LogP contribution is 2.23. The number of hydrogen-bond acceptors (Lipinski definition) is 3. The van der Waals surface area contributed by atoms with Crippen molar-refractivity contribution in [2.24, 2.45) is 0 Å².